The second-order valence-corrected chi connectivity index (χ2v) is 6.96. The van der Waals surface area contributed by atoms with Crippen LogP contribution in [0.25, 0.3) is 5.03 Å². The van der Waals surface area contributed by atoms with Crippen molar-refractivity contribution in [2.24, 2.45) is 0 Å². The second kappa shape index (κ2) is 9.38. The molecule has 140 valence electrons. The van der Waals surface area contributed by atoms with E-state index in [1.165, 1.54) is 0 Å². The average molecular weight is 383 g/mol. The molecule has 0 spiro atoms. The summed E-state index contributed by atoms with van der Waals surface area (Å²) in [5.41, 5.74) is 1.32. The number of carbonyl (C=O) groups excluding carboxylic acids is 2. The maximum Gasteiger partial charge on any atom is 0.271 e. The highest BCUT2D eigenvalue weighted by Crippen LogP contribution is 2.24. The first-order valence-electron chi connectivity index (χ1n) is 9.27. The third-order valence-electron chi connectivity index (χ3n) is 4.63. The predicted molar refractivity (Wildman–Crippen MR) is 108 cm³/mol. The molecule has 1 heterocycles. The molecule has 1 saturated heterocycles. The van der Waals surface area contributed by atoms with E-state index in [-0.39, 0.29) is 22.5 Å². The first-order valence-corrected chi connectivity index (χ1v) is 9.65. The van der Waals surface area contributed by atoms with Crippen LogP contribution in [0.3, 0.4) is 0 Å². The number of nitrogens with zero attached hydrogens (tertiary/aromatic N) is 1. The minimum atomic E-state index is -0.345. The standard InChI is InChI=1S/C22H23ClN2O2/c23-19(17-11-5-3-6-12-17)20(22(27)25-15-9-1-2-10-16-25)24-21(26)18-13-7-4-8-14-18/h3-8,11-14H,1-2,9-10,15-16H2,(H,24,26)/b20-19+. The Bertz CT molecular complexity index is 811. The molecule has 0 aliphatic carbocycles. The highest BCUT2D eigenvalue weighted by atomic mass is 35.5. The van der Waals surface area contributed by atoms with Gasteiger partial charge in [-0.05, 0) is 30.5 Å². The SMILES string of the molecule is O=C(N/C(C(=O)N1CCCCCC1)=C(/Cl)c1ccccc1)c1ccccc1. The van der Waals surface area contributed by atoms with Crippen molar-refractivity contribution in [2.75, 3.05) is 13.1 Å². The van der Waals surface area contributed by atoms with Crippen molar-refractivity contribution in [2.45, 2.75) is 25.7 Å². The molecule has 1 aliphatic heterocycles. The number of nitrogens with one attached hydrogen (secondary N) is 1. The van der Waals surface area contributed by atoms with Crippen LogP contribution in [0.4, 0.5) is 0 Å². The molecule has 1 N–H and O–H groups in total. The normalized spacial score (nSPS) is 15.5. The van der Waals surface area contributed by atoms with Gasteiger partial charge in [0.2, 0.25) is 0 Å². The molecule has 0 saturated carbocycles. The molecule has 4 nitrogen and oxygen atoms in total. The van der Waals surface area contributed by atoms with Gasteiger partial charge >= 0.3 is 0 Å². The fourth-order valence-corrected chi connectivity index (χ4v) is 3.39. The van der Waals surface area contributed by atoms with Gasteiger partial charge in [0, 0.05) is 18.7 Å². The zero-order valence-electron chi connectivity index (χ0n) is 15.2. The lowest BCUT2D eigenvalue weighted by Crippen LogP contribution is -2.39. The van der Waals surface area contributed by atoms with Crippen LogP contribution >= 0.6 is 11.6 Å². The fourth-order valence-electron chi connectivity index (χ4n) is 3.14. The van der Waals surface area contributed by atoms with E-state index in [0.29, 0.717) is 24.2 Å². The number of hydrogen-bond acceptors (Lipinski definition) is 2. The first-order chi connectivity index (χ1) is 13.2. The van der Waals surface area contributed by atoms with Gasteiger partial charge in [-0.15, -0.1) is 0 Å². The van der Waals surface area contributed by atoms with E-state index in [4.69, 9.17) is 11.6 Å². The average Bonchev–Trinajstić information content (AvgIpc) is 3.02. The molecule has 2 aromatic rings. The maximum atomic E-state index is 13.2. The summed E-state index contributed by atoms with van der Waals surface area (Å²) in [6.07, 6.45) is 4.17. The minimum absolute atomic E-state index is 0.138. The van der Waals surface area contributed by atoms with Crippen LogP contribution in [0.15, 0.2) is 66.4 Å². The van der Waals surface area contributed by atoms with E-state index >= 15 is 0 Å². The van der Waals surface area contributed by atoms with Crippen LogP contribution in [-0.4, -0.2) is 29.8 Å². The Morgan fingerprint density at radius 2 is 1.30 bits per heavy atom. The molecular weight excluding hydrogens is 360 g/mol. The Morgan fingerprint density at radius 3 is 1.85 bits per heavy atom. The van der Waals surface area contributed by atoms with Gasteiger partial charge in [-0.3, -0.25) is 9.59 Å². The van der Waals surface area contributed by atoms with Crippen molar-refractivity contribution in [3.8, 4) is 0 Å². The van der Waals surface area contributed by atoms with E-state index in [9.17, 15) is 9.59 Å². The Morgan fingerprint density at radius 1 is 0.778 bits per heavy atom. The van der Waals surface area contributed by atoms with Gasteiger partial charge < -0.3 is 10.2 Å². The molecule has 5 heteroatoms. The number of benzene rings is 2. The lowest BCUT2D eigenvalue weighted by Gasteiger charge is -2.23. The van der Waals surface area contributed by atoms with E-state index in [0.717, 1.165) is 25.7 Å². The van der Waals surface area contributed by atoms with E-state index in [1.54, 1.807) is 29.2 Å². The quantitative estimate of drug-likeness (QED) is 0.795. The van der Waals surface area contributed by atoms with Crippen LogP contribution < -0.4 is 5.32 Å². The van der Waals surface area contributed by atoms with E-state index in [1.807, 2.05) is 36.4 Å². The smallest absolute Gasteiger partial charge is 0.271 e. The van der Waals surface area contributed by atoms with Crippen LogP contribution in [-0.2, 0) is 4.79 Å². The second-order valence-electron chi connectivity index (χ2n) is 6.58. The number of carbonyl (C=O) groups is 2. The summed E-state index contributed by atoms with van der Waals surface area (Å²) in [5.74, 6) is -0.571. The third kappa shape index (κ3) is 4.98. The molecule has 2 amide bonds. The van der Waals surface area contributed by atoms with E-state index in [2.05, 4.69) is 5.32 Å². The Labute approximate surface area is 164 Å². The molecule has 27 heavy (non-hydrogen) atoms. The molecule has 0 radical (unpaired) electrons. The number of likely N-dealkylation sites (tertiary alicyclic amines) is 1. The minimum Gasteiger partial charge on any atom is -0.337 e. The van der Waals surface area contributed by atoms with Crippen molar-refractivity contribution >= 4 is 28.4 Å². The lowest BCUT2D eigenvalue weighted by molar-refractivity contribution is -0.127. The summed E-state index contributed by atoms with van der Waals surface area (Å²) in [4.78, 5) is 27.7. The predicted octanol–water partition coefficient (Wildman–Crippen LogP) is 4.43. The van der Waals surface area contributed by atoms with Crippen molar-refractivity contribution < 1.29 is 9.59 Å². The molecule has 0 bridgehead atoms. The zero-order chi connectivity index (χ0) is 19.1. The van der Waals surface area contributed by atoms with Crippen LogP contribution in [0.5, 0.6) is 0 Å². The number of amides is 2. The first kappa shape index (κ1) is 19.2. The van der Waals surface area contributed by atoms with Gasteiger partial charge in [0.05, 0.1) is 5.03 Å². The summed E-state index contributed by atoms with van der Waals surface area (Å²) in [7, 11) is 0. The topological polar surface area (TPSA) is 49.4 Å². The molecule has 0 aromatic heterocycles. The summed E-state index contributed by atoms with van der Waals surface area (Å²) < 4.78 is 0. The highest BCUT2D eigenvalue weighted by Gasteiger charge is 2.25. The van der Waals surface area contributed by atoms with Gasteiger partial charge in [-0.25, -0.2) is 0 Å². The largest absolute Gasteiger partial charge is 0.337 e. The zero-order valence-corrected chi connectivity index (χ0v) is 15.9. The van der Waals surface area contributed by atoms with Crippen LogP contribution in [0, 0.1) is 0 Å². The van der Waals surface area contributed by atoms with Crippen molar-refractivity contribution in [3.63, 3.8) is 0 Å². The van der Waals surface area contributed by atoms with Crippen molar-refractivity contribution in [1.82, 2.24) is 10.2 Å². The number of rotatable bonds is 4. The summed E-state index contributed by atoms with van der Waals surface area (Å²) >= 11 is 6.58. The summed E-state index contributed by atoms with van der Waals surface area (Å²) in [6.45, 7) is 1.37. The molecule has 0 unspecified atom stereocenters. The molecule has 1 fully saturated rings. The Hall–Kier alpha value is -2.59. The monoisotopic (exact) mass is 382 g/mol. The number of halogens is 1. The fraction of sp³-hybridized carbons (Fsp3) is 0.273. The molecule has 3 rings (SSSR count). The Balaban J connectivity index is 1.93. The molecular formula is C22H23ClN2O2. The van der Waals surface area contributed by atoms with Gasteiger partial charge in [-0.1, -0.05) is 73.0 Å². The highest BCUT2D eigenvalue weighted by molar-refractivity contribution is 6.51. The van der Waals surface area contributed by atoms with E-state index < -0.39 is 0 Å². The maximum absolute atomic E-state index is 13.2. The van der Waals surface area contributed by atoms with Gasteiger partial charge in [0.25, 0.3) is 11.8 Å². The van der Waals surface area contributed by atoms with Crippen LogP contribution in [0.2, 0.25) is 0 Å². The van der Waals surface area contributed by atoms with Gasteiger partial charge in [0.1, 0.15) is 5.70 Å². The van der Waals surface area contributed by atoms with Gasteiger partial charge in [0.15, 0.2) is 0 Å². The lowest BCUT2D eigenvalue weighted by atomic mass is 10.1. The molecule has 2 aromatic carbocycles. The molecule has 0 atom stereocenters. The summed E-state index contributed by atoms with van der Waals surface area (Å²) in [6, 6.07) is 18.1. The Kier molecular flexibility index (Phi) is 6.66. The van der Waals surface area contributed by atoms with Crippen LogP contribution in [0.1, 0.15) is 41.6 Å². The number of hydrogen-bond donors (Lipinski definition) is 1. The summed E-state index contributed by atoms with van der Waals surface area (Å²) in [5, 5.41) is 3.03. The third-order valence-corrected chi connectivity index (χ3v) is 5.04. The van der Waals surface area contributed by atoms with Crippen molar-refractivity contribution in [3.05, 3.63) is 77.5 Å². The van der Waals surface area contributed by atoms with Crippen molar-refractivity contribution in [1.29, 1.82) is 0 Å². The molecule has 1 aliphatic rings. The van der Waals surface area contributed by atoms with Gasteiger partial charge in [-0.2, -0.15) is 0 Å².